The zero-order chi connectivity index (χ0) is 25.0. The highest BCUT2D eigenvalue weighted by Crippen LogP contribution is 2.33. The van der Waals surface area contributed by atoms with Gasteiger partial charge in [-0.05, 0) is 54.8 Å². The number of amides is 1. The molecule has 0 atom stereocenters. The van der Waals surface area contributed by atoms with Gasteiger partial charge in [-0.25, -0.2) is 9.97 Å². The van der Waals surface area contributed by atoms with Crippen molar-refractivity contribution in [2.75, 3.05) is 28.6 Å². The van der Waals surface area contributed by atoms with Gasteiger partial charge >= 0.3 is 0 Å². The minimum absolute atomic E-state index is 0.00334. The van der Waals surface area contributed by atoms with Gasteiger partial charge in [-0.3, -0.25) is 9.89 Å². The van der Waals surface area contributed by atoms with Crippen molar-refractivity contribution in [2.24, 2.45) is 5.41 Å². The van der Waals surface area contributed by atoms with Crippen molar-refractivity contribution in [1.82, 2.24) is 20.2 Å². The number of rotatable bonds is 7. The van der Waals surface area contributed by atoms with Crippen LogP contribution in [0.4, 0.5) is 23.1 Å². The number of aryl methyl sites for hydroxylation is 1. The number of nitrogens with zero attached hydrogens (tertiary/aromatic N) is 4. The Balaban J connectivity index is 1.58. The molecule has 3 aromatic rings. The number of carbonyl (C=O) groups is 1. The summed E-state index contributed by atoms with van der Waals surface area (Å²) in [6.07, 6.45) is 3.79. The molecule has 3 N–H and O–H groups in total. The van der Waals surface area contributed by atoms with Crippen LogP contribution in [0.5, 0.6) is 0 Å². The Morgan fingerprint density at radius 1 is 1.17 bits per heavy atom. The topological polar surface area (TPSA) is 98.8 Å². The smallest absolute Gasteiger partial charge is 0.224 e. The van der Waals surface area contributed by atoms with Crippen molar-refractivity contribution in [2.45, 2.75) is 57.5 Å². The Kier molecular flexibility index (Phi) is 7.45. The van der Waals surface area contributed by atoms with Crippen LogP contribution in [-0.2, 0) is 4.79 Å². The average Bonchev–Trinajstić information content (AvgIpc) is 3.24. The largest absolute Gasteiger partial charge is 0.352 e. The van der Waals surface area contributed by atoms with Gasteiger partial charge in [0, 0.05) is 42.2 Å². The molecule has 35 heavy (non-hydrogen) atoms. The van der Waals surface area contributed by atoms with E-state index in [-0.39, 0.29) is 11.3 Å². The maximum Gasteiger partial charge on any atom is 0.224 e. The summed E-state index contributed by atoms with van der Waals surface area (Å²) in [6, 6.07) is 11.7. The highest BCUT2D eigenvalue weighted by Gasteiger charge is 2.22. The van der Waals surface area contributed by atoms with Crippen molar-refractivity contribution in [1.29, 1.82) is 0 Å². The van der Waals surface area contributed by atoms with Crippen molar-refractivity contribution >= 4 is 40.8 Å². The van der Waals surface area contributed by atoms with Crippen LogP contribution in [0.25, 0.3) is 0 Å². The van der Waals surface area contributed by atoms with Gasteiger partial charge in [0.2, 0.25) is 5.91 Å². The molecule has 8 nitrogen and oxygen atoms in total. The van der Waals surface area contributed by atoms with Crippen LogP contribution >= 0.6 is 11.8 Å². The van der Waals surface area contributed by atoms with Crippen molar-refractivity contribution in [3.63, 3.8) is 0 Å². The average molecular weight is 492 g/mol. The first kappa shape index (κ1) is 24.8. The first-order chi connectivity index (χ1) is 16.7. The van der Waals surface area contributed by atoms with Crippen LogP contribution < -0.4 is 15.5 Å². The molecule has 2 aromatic heterocycles. The van der Waals surface area contributed by atoms with Crippen LogP contribution in [0.2, 0.25) is 0 Å². The van der Waals surface area contributed by atoms with E-state index >= 15 is 0 Å². The number of nitrogens with one attached hydrogen (secondary N) is 3. The number of benzene rings is 1. The van der Waals surface area contributed by atoms with E-state index < -0.39 is 0 Å². The molecule has 0 spiro atoms. The summed E-state index contributed by atoms with van der Waals surface area (Å²) in [5.41, 5.74) is 3.36. The lowest BCUT2D eigenvalue weighted by Gasteiger charge is -2.33. The molecule has 3 heterocycles. The normalized spacial score (nSPS) is 14.0. The van der Waals surface area contributed by atoms with E-state index in [9.17, 15) is 4.79 Å². The van der Waals surface area contributed by atoms with Gasteiger partial charge in [0.25, 0.3) is 0 Å². The van der Waals surface area contributed by atoms with Crippen molar-refractivity contribution in [3.8, 4) is 0 Å². The van der Waals surface area contributed by atoms with Crippen molar-refractivity contribution in [3.05, 3.63) is 53.7 Å². The molecule has 0 radical (unpaired) electrons. The van der Waals surface area contributed by atoms with E-state index in [1.54, 1.807) is 0 Å². The first-order valence-corrected chi connectivity index (χ1v) is 12.7. The molecule has 0 unspecified atom stereocenters. The molecular weight excluding hydrogens is 458 g/mol. The van der Waals surface area contributed by atoms with Gasteiger partial charge in [-0.2, -0.15) is 5.10 Å². The highest BCUT2D eigenvalue weighted by molar-refractivity contribution is 7.99. The molecule has 4 rings (SSSR count). The molecule has 1 aromatic carbocycles. The van der Waals surface area contributed by atoms with Gasteiger partial charge in [0.15, 0.2) is 5.16 Å². The predicted molar refractivity (Wildman–Crippen MR) is 142 cm³/mol. The molecule has 0 aliphatic carbocycles. The first-order valence-electron chi connectivity index (χ1n) is 11.9. The second-order valence-electron chi connectivity index (χ2n) is 9.65. The molecule has 9 heteroatoms. The molecule has 1 aliphatic rings. The Hall–Kier alpha value is -3.33. The summed E-state index contributed by atoms with van der Waals surface area (Å²) >= 11 is 1.49. The quantitative estimate of drug-likeness (QED) is 0.278. The zero-order valence-electron chi connectivity index (χ0n) is 21.0. The monoisotopic (exact) mass is 491 g/mol. The number of carbonyl (C=O) groups excluding carboxylic acids is 1. The lowest BCUT2D eigenvalue weighted by atomic mass is 9.83. The van der Waals surface area contributed by atoms with Crippen molar-refractivity contribution < 1.29 is 4.79 Å². The van der Waals surface area contributed by atoms with E-state index in [1.807, 2.05) is 50.2 Å². The fraction of sp³-hybridized carbons (Fsp3) is 0.385. The third-order valence-electron chi connectivity index (χ3n) is 5.83. The fourth-order valence-electron chi connectivity index (χ4n) is 3.83. The second-order valence-corrected chi connectivity index (χ2v) is 10.7. The summed E-state index contributed by atoms with van der Waals surface area (Å²) in [4.78, 5) is 24.6. The Morgan fingerprint density at radius 2 is 1.94 bits per heavy atom. The third kappa shape index (κ3) is 6.63. The summed E-state index contributed by atoms with van der Waals surface area (Å²) in [5, 5.41) is 14.0. The number of anilines is 4. The maximum atomic E-state index is 11.7. The lowest BCUT2D eigenvalue weighted by Crippen LogP contribution is -2.32. The van der Waals surface area contributed by atoms with Gasteiger partial charge in [-0.1, -0.05) is 39.3 Å². The summed E-state index contributed by atoms with van der Waals surface area (Å²) in [6.45, 7) is 12.3. The van der Waals surface area contributed by atoms with Crippen LogP contribution in [-0.4, -0.2) is 39.2 Å². The highest BCUT2D eigenvalue weighted by atomic mass is 32.2. The molecule has 1 amide bonds. The van der Waals surface area contributed by atoms with E-state index in [0.717, 1.165) is 47.4 Å². The third-order valence-corrected chi connectivity index (χ3v) is 6.70. The minimum Gasteiger partial charge on any atom is -0.352 e. The molecule has 0 saturated heterocycles. The van der Waals surface area contributed by atoms with Gasteiger partial charge in [0.05, 0.1) is 5.69 Å². The Morgan fingerprint density at radius 3 is 2.54 bits per heavy atom. The number of hydrogen-bond acceptors (Lipinski definition) is 7. The molecular formula is C26H33N7OS. The number of hydrogen-bond donors (Lipinski definition) is 3. The van der Waals surface area contributed by atoms with Gasteiger partial charge in [0.1, 0.15) is 17.5 Å². The Bertz CT molecular complexity index is 1210. The second kappa shape index (κ2) is 10.5. The van der Waals surface area contributed by atoms with Gasteiger partial charge in [-0.15, -0.1) is 0 Å². The minimum atomic E-state index is -0.00334. The van der Waals surface area contributed by atoms with Crippen LogP contribution in [0.3, 0.4) is 0 Å². The SMILES string of the molecule is CCC(=O)Nc1ccc(Sc2nc(Nc3cc(C)n[nH]3)cc(N3CC=C(C(C)(C)C)CC3)n2)cc1. The fourth-order valence-corrected chi connectivity index (χ4v) is 4.59. The lowest BCUT2D eigenvalue weighted by molar-refractivity contribution is -0.115. The summed E-state index contributed by atoms with van der Waals surface area (Å²) in [5.74, 6) is 2.37. The van der Waals surface area contributed by atoms with E-state index in [0.29, 0.717) is 17.4 Å². The van der Waals surface area contributed by atoms with E-state index in [1.165, 1.54) is 17.3 Å². The molecule has 0 fully saturated rings. The Labute approximate surface area is 211 Å². The van der Waals surface area contributed by atoms with Crippen LogP contribution in [0, 0.1) is 12.3 Å². The van der Waals surface area contributed by atoms with E-state index in [2.05, 4.69) is 52.6 Å². The van der Waals surface area contributed by atoms with Crippen LogP contribution in [0.1, 0.15) is 46.2 Å². The molecule has 184 valence electrons. The number of aromatic amines is 1. The molecule has 0 bridgehead atoms. The maximum absolute atomic E-state index is 11.7. The number of H-pyrrole nitrogens is 1. The summed E-state index contributed by atoms with van der Waals surface area (Å²) < 4.78 is 0. The molecule has 1 aliphatic heterocycles. The van der Waals surface area contributed by atoms with Gasteiger partial charge < -0.3 is 15.5 Å². The zero-order valence-corrected chi connectivity index (χ0v) is 21.8. The standard InChI is InChI=1S/C26H33N7OS/c1-6-24(34)27-19-7-9-20(10-8-19)35-25-29-21(28-22-15-17(2)31-32-22)16-23(30-25)33-13-11-18(12-14-33)26(3,4)5/h7-11,15-16H,6,12-14H2,1-5H3,(H,27,34)(H2,28,29,30,31,32). The van der Waals surface area contributed by atoms with E-state index in [4.69, 9.17) is 9.97 Å². The molecule has 0 saturated carbocycles. The summed E-state index contributed by atoms with van der Waals surface area (Å²) in [7, 11) is 0. The van der Waals surface area contributed by atoms with Crippen LogP contribution in [0.15, 0.2) is 58.1 Å². The predicted octanol–water partition coefficient (Wildman–Crippen LogP) is 5.93. The number of aromatic nitrogens is 4.